The highest BCUT2D eigenvalue weighted by Gasteiger charge is 2.22. The van der Waals surface area contributed by atoms with Crippen LogP contribution in [0.15, 0.2) is 30.3 Å². The van der Waals surface area contributed by atoms with E-state index in [1.54, 1.807) is 0 Å². The maximum Gasteiger partial charge on any atom is 0.0379 e. The molecule has 0 amide bonds. The minimum absolute atomic E-state index is 0.647. The number of rotatable bonds is 6. The summed E-state index contributed by atoms with van der Waals surface area (Å²) in [7, 11) is 0. The van der Waals surface area contributed by atoms with Crippen molar-refractivity contribution in [2.45, 2.75) is 38.1 Å². The number of likely N-dealkylation sites (tertiary alicyclic amines) is 1. The van der Waals surface area contributed by atoms with E-state index in [9.17, 15) is 0 Å². The summed E-state index contributed by atoms with van der Waals surface area (Å²) in [5.74, 6) is 0.804. The zero-order valence-corrected chi connectivity index (χ0v) is 11.2. The number of halogens is 1. The fraction of sp³-hybridized carbons (Fsp3) is 0.600. The zero-order valence-electron chi connectivity index (χ0n) is 10.4. The van der Waals surface area contributed by atoms with Gasteiger partial charge in [-0.15, -0.1) is 11.6 Å². The molecule has 1 atom stereocenters. The minimum atomic E-state index is 0.647. The smallest absolute Gasteiger partial charge is 0.0379 e. The Kier molecular flexibility index (Phi) is 5.34. The summed E-state index contributed by atoms with van der Waals surface area (Å²) < 4.78 is 0. The highest BCUT2D eigenvalue weighted by Crippen LogP contribution is 2.19. The largest absolute Gasteiger partial charge is 0.299 e. The average Bonchev–Trinajstić information content (AvgIpc) is 2.83. The molecule has 2 heteroatoms. The van der Waals surface area contributed by atoms with E-state index in [4.69, 9.17) is 11.6 Å². The second-order valence-corrected chi connectivity index (χ2v) is 5.24. The highest BCUT2D eigenvalue weighted by atomic mass is 35.5. The van der Waals surface area contributed by atoms with E-state index in [0.29, 0.717) is 6.04 Å². The van der Waals surface area contributed by atoms with E-state index in [-0.39, 0.29) is 0 Å². The molecule has 1 fully saturated rings. The Hall–Kier alpha value is -0.530. The molecule has 2 rings (SSSR count). The van der Waals surface area contributed by atoms with Gasteiger partial charge in [0.2, 0.25) is 0 Å². The number of nitrogens with zero attached hydrogens (tertiary/aromatic N) is 1. The molecule has 1 aliphatic rings. The van der Waals surface area contributed by atoms with Crippen molar-refractivity contribution in [3.8, 4) is 0 Å². The fourth-order valence-electron chi connectivity index (χ4n) is 2.65. The maximum absolute atomic E-state index is 5.97. The molecule has 1 aromatic carbocycles. The van der Waals surface area contributed by atoms with Gasteiger partial charge in [-0.25, -0.2) is 0 Å². The lowest BCUT2D eigenvalue weighted by Crippen LogP contribution is -2.31. The van der Waals surface area contributed by atoms with Crippen LogP contribution >= 0.6 is 11.6 Å². The van der Waals surface area contributed by atoms with Gasteiger partial charge >= 0.3 is 0 Å². The number of benzene rings is 1. The van der Waals surface area contributed by atoms with E-state index >= 15 is 0 Å². The van der Waals surface area contributed by atoms with Crippen LogP contribution < -0.4 is 0 Å². The molecular formula is C15H22ClN. The van der Waals surface area contributed by atoms with E-state index in [1.165, 1.54) is 50.8 Å². The molecule has 94 valence electrons. The first-order valence-corrected chi connectivity index (χ1v) is 7.27. The Morgan fingerprint density at radius 1 is 1.18 bits per heavy atom. The normalized spacial score (nSPS) is 20.9. The van der Waals surface area contributed by atoms with Gasteiger partial charge < -0.3 is 0 Å². The molecule has 1 aromatic rings. The van der Waals surface area contributed by atoms with Gasteiger partial charge in [0.15, 0.2) is 0 Å². The molecule has 1 aliphatic heterocycles. The monoisotopic (exact) mass is 251 g/mol. The SMILES string of the molecule is ClCC1CCCN1CCCCc1ccccc1. The van der Waals surface area contributed by atoms with Crippen LogP contribution in [0.4, 0.5) is 0 Å². The predicted octanol–water partition coefficient (Wildman–Crippen LogP) is 3.71. The molecule has 0 saturated carbocycles. The van der Waals surface area contributed by atoms with Crippen LogP contribution in [-0.4, -0.2) is 29.9 Å². The molecule has 0 radical (unpaired) electrons. The summed E-state index contributed by atoms with van der Waals surface area (Å²) in [6.07, 6.45) is 6.41. The molecule has 0 spiro atoms. The van der Waals surface area contributed by atoms with Crippen LogP contribution in [0.5, 0.6) is 0 Å². The maximum atomic E-state index is 5.97. The topological polar surface area (TPSA) is 3.24 Å². The van der Waals surface area contributed by atoms with Gasteiger partial charge in [-0.3, -0.25) is 4.90 Å². The summed E-state index contributed by atoms with van der Waals surface area (Å²) in [6, 6.07) is 11.4. The molecule has 0 aliphatic carbocycles. The van der Waals surface area contributed by atoms with Crippen molar-refractivity contribution >= 4 is 11.6 Å². The lowest BCUT2D eigenvalue weighted by Gasteiger charge is -2.22. The summed E-state index contributed by atoms with van der Waals surface area (Å²) in [6.45, 7) is 2.48. The van der Waals surface area contributed by atoms with Gasteiger partial charge in [-0.1, -0.05) is 30.3 Å². The van der Waals surface area contributed by atoms with Gasteiger partial charge in [-0.2, -0.15) is 0 Å². The third-order valence-electron chi connectivity index (χ3n) is 3.68. The van der Waals surface area contributed by atoms with Crippen LogP contribution in [0.3, 0.4) is 0 Å². The molecule has 1 saturated heterocycles. The van der Waals surface area contributed by atoms with Crippen molar-refractivity contribution in [2.75, 3.05) is 19.0 Å². The predicted molar refractivity (Wildman–Crippen MR) is 74.7 cm³/mol. The van der Waals surface area contributed by atoms with Crippen LogP contribution in [0.2, 0.25) is 0 Å². The third-order valence-corrected chi connectivity index (χ3v) is 4.04. The van der Waals surface area contributed by atoms with E-state index in [0.717, 1.165) is 5.88 Å². The number of unbranched alkanes of at least 4 members (excludes halogenated alkanes) is 1. The second-order valence-electron chi connectivity index (χ2n) is 4.93. The van der Waals surface area contributed by atoms with Crippen molar-refractivity contribution in [3.63, 3.8) is 0 Å². The van der Waals surface area contributed by atoms with Crippen molar-refractivity contribution in [3.05, 3.63) is 35.9 Å². The summed E-state index contributed by atoms with van der Waals surface area (Å²) in [5, 5.41) is 0. The quantitative estimate of drug-likeness (QED) is 0.550. The summed E-state index contributed by atoms with van der Waals surface area (Å²) >= 11 is 5.97. The van der Waals surface area contributed by atoms with Crippen LogP contribution in [0.25, 0.3) is 0 Å². The molecule has 1 nitrogen and oxygen atoms in total. The Morgan fingerprint density at radius 3 is 2.76 bits per heavy atom. The Balaban J connectivity index is 1.63. The second kappa shape index (κ2) is 7.03. The molecule has 0 N–H and O–H groups in total. The van der Waals surface area contributed by atoms with Crippen molar-refractivity contribution in [1.82, 2.24) is 4.90 Å². The average molecular weight is 252 g/mol. The molecule has 1 heterocycles. The molecule has 17 heavy (non-hydrogen) atoms. The molecule has 1 unspecified atom stereocenters. The van der Waals surface area contributed by atoms with Gasteiger partial charge in [0.1, 0.15) is 0 Å². The Morgan fingerprint density at radius 2 is 2.00 bits per heavy atom. The van der Waals surface area contributed by atoms with Crippen molar-refractivity contribution < 1.29 is 0 Å². The molecular weight excluding hydrogens is 230 g/mol. The number of hydrogen-bond acceptors (Lipinski definition) is 1. The third kappa shape index (κ3) is 4.01. The van der Waals surface area contributed by atoms with Crippen molar-refractivity contribution in [1.29, 1.82) is 0 Å². The Bertz CT molecular complexity index is 312. The molecule has 0 aromatic heterocycles. The van der Waals surface area contributed by atoms with Crippen molar-refractivity contribution in [2.24, 2.45) is 0 Å². The first-order chi connectivity index (χ1) is 8.40. The Labute approximate surface area is 110 Å². The first-order valence-electron chi connectivity index (χ1n) is 6.74. The first kappa shape index (κ1) is 12.9. The number of aryl methyl sites for hydroxylation is 1. The van der Waals surface area contributed by atoms with Crippen LogP contribution in [-0.2, 0) is 6.42 Å². The number of alkyl halides is 1. The van der Waals surface area contributed by atoms with Gasteiger partial charge in [-0.05, 0) is 50.8 Å². The lowest BCUT2D eigenvalue weighted by atomic mass is 10.1. The standard InChI is InChI=1S/C15H22ClN/c16-13-15-10-6-12-17(15)11-5-4-9-14-7-2-1-3-8-14/h1-3,7-8,15H,4-6,9-13H2. The van der Waals surface area contributed by atoms with Gasteiger partial charge in [0.05, 0.1) is 0 Å². The fourth-order valence-corrected chi connectivity index (χ4v) is 3.00. The zero-order chi connectivity index (χ0) is 11.9. The summed E-state index contributed by atoms with van der Waals surface area (Å²) in [5.41, 5.74) is 1.46. The van der Waals surface area contributed by atoms with E-state index in [1.807, 2.05) is 0 Å². The van der Waals surface area contributed by atoms with Crippen LogP contribution in [0.1, 0.15) is 31.2 Å². The highest BCUT2D eigenvalue weighted by molar-refractivity contribution is 6.18. The van der Waals surface area contributed by atoms with E-state index < -0.39 is 0 Å². The van der Waals surface area contributed by atoms with E-state index in [2.05, 4.69) is 35.2 Å². The van der Waals surface area contributed by atoms with Gasteiger partial charge in [0.25, 0.3) is 0 Å². The minimum Gasteiger partial charge on any atom is -0.299 e. The lowest BCUT2D eigenvalue weighted by molar-refractivity contribution is 0.265. The molecule has 0 bridgehead atoms. The van der Waals surface area contributed by atoms with Gasteiger partial charge in [0, 0.05) is 11.9 Å². The number of hydrogen-bond donors (Lipinski definition) is 0. The summed E-state index contributed by atoms with van der Waals surface area (Å²) in [4.78, 5) is 2.57. The van der Waals surface area contributed by atoms with Crippen LogP contribution in [0, 0.1) is 0 Å².